The van der Waals surface area contributed by atoms with E-state index in [1.807, 2.05) is 0 Å². The Kier molecular flexibility index (Phi) is 4.71. The molecule has 4 nitrogen and oxygen atoms in total. The molecule has 0 radical (unpaired) electrons. The average Bonchev–Trinajstić information content (AvgIpc) is 3.05. The second-order valence-corrected chi connectivity index (χ2v) is 6.82. The summed E-state index contributed by atoms with van der Waals surface area (Å²) in [6.07, 6.45) is 7.69. The molecule has 0 bridgehead atoms. The molecule has 2 aliphatic rings. The van der Waals surface area contributed by atoms with Crippen molar-refractivity contribution in [1.82, 2.24) is 5.32 Å². The van der Waals surface area contributed by atoms with Gasteiger partial charge in [0, 0.05) is 12.0 Å². The lowest BCUT2D eigenvalue weighted by atomic mass is 9.86. The van der Waals surface area contributed by atoms with Gasteiger partial charge in [0.15, 0.2) is 0 Å². The third kappa shape index (κ3) is 3.33. The smallest absolute Gasteiger partial charge is 0.308 e. The lowest BCUT2D eigenvalue weighted by Gasteiger charge is -2.27. The zero-order chi connectivity index (χ0) is 14.8. The van der Waals surface area contributed by atoms with Crippen LogP contribution in [0.15, 0.2) is 0 Å². The van der Waals surface area contributed by atoms with Crippen LogP contribution in [0, 0.1) is 17.3 Å². The van der Waals surface area contributed by atoms with E-state index in [1.165, 1.54) is 0 Å². The van der Waals surface area contributed by atoms with Crippen LogP contribution in [0.2, 0.25) is 0 Å². The fraction of sp³-hybridized carbons (Fsp3) is 0.875. The maximum Gasteiger partial charge on any atom is 0.308 e. The lowest BCUT2D eigenvalue weighted by Crippen LogP contribution is -2.45. The molecule has 20 heavy (non-hydrogen) atoms. The van der Waals surface area contributed by atoms with E-state index in [1.54, 1.807) is 0 Å². The molecular formula is C16H27NO3. The first-order chi connectivity index (χ1) is 9.48. The maximum atomic E-state index is 12.3. The normalized spacial score (nSPS) is 37.6. The molecule has 0 heterocycles. The van der Waals surface area contributed by atoms with Crippen molar-refractivity contribution in [2.45, 2.75) is 71.3 Å². The van der Waals surface area contributed by atoms with Crippen molar-refractivity contribution in [2.75, 3.05) is 0 Å². The summed E-state index contributed by atoms with van der Waals surface area (Å²) >= 11 is 0. The van der Waals surface area contributed by atoms with Crippen LogP contribution < -0.4 is 5.32 Å². The van der Waals surface area contributed by atoms with Crippen LogP contribution >= 0.6 is 0 Å². The van der Waals surface area contributed by atoms with E-state index in [4.69, 9.17) is 0 Å². The largest absolute Gasteiger partial charge is 0.481 e. The summed E-state index contributed by atoms with van der Waals surface area (Å²) in [5, 5.41) is 12.4. The lowest BCUT2D eigenvalue weighted by molar-refractivity contribution is -0.143. The van der Waals surface area contributed by atoms with Gasteiger partial charge in [0.05, 0.1) is 5.92 Å². The SMILES string of the molecule is CCC1(C)CC1C(=O)NC1CCCCCCC1C(=O)O. The molecule has 4 atom stereocenters. The van der Waals surface area contributed by atoms with Crippen molar-refractivity contribution < 1.29 is 14.7 Å². The van der Waals surface area contributed by atoms with Crippen molar-refractivity contribution >= 4 is 11.9 Å². The zero-order valence-corrected chi connectivity index (χ0v) is 12.7. The van der Waals surface area contributed by atoms with E-state index in [0.29, 0.717) is 6.42 Å². The first-order valence-electron chi connectivity index (χ1n) is 8.01. The Hall–Kier alpha value is -1.06. The van der Waals surface area contributed by atoms with Crippen LogP contribution in [0.3, 0.4) is 0 Å². The minimum Gasteiger partial charge on any atom is -0.481 e. The van der Waals surface area contributed by atoms with Crippen molar-refractivity contribution in [3.05, 3.63) is 0 Å². The van der Waals surface area contributed by atoms with E-state index >= 15 is 0 Å². The second-order valence-electron chi connectivity index (χ2n) is 6.82. The Bertz CT molecular complexity index is 382. The molecule has 0 aliphatic heterocycles. The first kappa shape index (κ1) is 15.3. The molecule has 2 fully saturated rings. The molecule has 0 aromatic rings. The van der Waals surface area contributed by atoms with Gasteiger partial charge >= 0.3 is 5.97 Å². The van der Waals surface area contributed by atoms with Crippen LogP contribution in [-0.4, -0.2) is 23.0 Å². The molecule has 2 aliphatic carbocycles. The van der Waals surface area contributed by atoms with Crippen LogP contribution in [-0.2, 0) is 9.59 Å². The Morgan fingerprint density at radius 2 is 1.85 bits per heavy atom. The number of carboxylic acids is 1. The molecule has 4 unspecified atom stereocenters. The molecule has 0 spiro atoms. The predicted molar refractivity (Wildman–Crippen MR) is 77.3 cm³/mol. The first-order valence-corrected chi connectivity index (χ1v) is 8.01. The highest BCUT2D eigenvalue weighted by Crippen LogP contribution is 2.54. The number of carbonyl (C=O) groups excluding carboxylic acids is 1. The quantitative estimate of drug-likeness (QED) is 0.832. The minimum absolute atomic E-state index is 0.0752. The molecule has 0 saturated heterocycles. The predicted octanol–water partition coefficient (Wildman–Crippen LogP) is 2.96. The van der Waals surface area contributed by atoms with Gasteiger partial charge in [0.25, 0.3) is 0 Å². The van der Waals surface area contributed by atoms with Crippen LogP contribution in [0.1, 0.15) is 65.2 Å². The van der Waals surface area contributed by atoms with Gasteiger partial charge in [0.1, 0.15) is 0 Å². The highest BCUT2D eigenvalue weighted by atomic mass is 16.4. The van der Waals surface area contributed by atoms with Crippen molar-refractivity contribution in [3.8, 4) is 0 Å². The summed E-state index contributed by atoms with van der Waals surface area (Å²) in [5.74, 6) is -1.00. The summed E-state index contributed by atoms with van der Waals surface area (Å²) in [6.45, 7) is 4.26. The fourth-order valence-corrected chi connectivity index (χ4v) is 3.44. The van der Waals surface area contributed by atoms with E-state index in [2.05, 4.69) is 19.2 Å². The van der Waals surface area contributed by atoms with Crippen molar-refractivity contribution in [2.24, 2.45) is 17.3 Å². The van der Waals surface area contributed by atoms with E-state index in [9.17, 15) is 14.7 Å². The number of amides is 1. The number of rotatable bonds is 4. The van der Waals surface area contributed by atoms with Gasteiger partial charge in [-0.3, -0.25) is 9.59 Å². The molecule has 2 rings (SSSR count). The van der Waals surface area contributed by atoms with Gasteiger partial charge in [0.2, 0.25) is 5.91 Å². The Labute approximate surface area is 121 Å². The molecule has 2 saturated carbocycles. The van der Waals surface area contributed by atoms with Crippen LogP contribution in [0.25, 0.3) is 0 Å². The summed E-state index contributed by atoms with van der Waals surface area (Å²) in [4.78, 5) is 23.7. The van der Waals surface area contributed by atoms with E-state index in [0.717, 1.165) is 44.9 Å². The number of carbonyl (C=O) groups is 2. The number of aliphatic carboxylic acids is 1. The topological polar surface area (TPSA) is 66.4 Å². The molecule has 1 amide bonds. The summed E-state index contributed by atoms with van der Waals surface area (Å²) in [5.41, 5.74) is 0.143. The summed E-state index contributed by atoms with van der Waals surface area (Å²) in [6, 6.07) is -0.179. The molecule has 0 aromatic heterocycles. The van der Waals surface area contributed by atoms with Gasteiger partial charge in [-0.1, -0.05) is 39.5 Å². The van der Waals surface area contributed by atoms with Crippen molar-refractivity contribution in [3.63, 3.8) is 0 Å². The Balaban J connectivity index is 1.97. The summed E-state index contributed by atoms with van der Waals surface area (Å²) < 4.78 is 0. The number of nitrogens with one attached hydrogen (secondary N) is 1. The Morgan fingerprint density at radius 1 is 1.20 bits per heavy atom. The fourth-order valence-electron chi connectivity index (χ4n) is 3.44. The number of hydrogen-bond acceptors (Lipinski definition) is 2. The Morgan fingerprint density at radius 3 is 2.40 bits per heavy atom. The van der Waals surface area contributed by atoms with Gasteiger partial charge in [-0.05, 0) is 31.1 Å². The van der Waals surface area contributed by atoms with E-state index < -0.39 is 11.9 Å². The third-order valence-electron chi connectivity index (χ3n) is 5.39. The van der Waals surface area contributed by atoms with Gasteiger partial charge in [-0.2, -0.15) is 0 Å². The molecule has 2 N–H and O–H groups in total. The third-order valence-corrected chi connectivity index (χ3v) is 5.39. The molecule has 4 heteroatoms. The number of hydrogen-bond donors (Lipinski definition) is 2. The van der Waals surface area contributed by atoms with Gasteiger partial charge in [-0.25, -0.2) is 0 Å². The molecule has 114 valence electrons. The zero-order valence-electron chi connectivity index (χ0n) is 12.7. The highest BCUT2D eigenvalue weighted by molar-refractivity contribution is 5.83. The van der Waals surface area contributed by atoms with Gasteiger partial charge < -0.3 is 10.4 Å². The standard InChI is InChI=1S/C16H27NO3/c1-3-16(2)10-12(16)14(18)17-13-9-7-5-4-6-8-11(13)15(19)20/h11-13H,3-10H2,1-2H3,(H,17,18)(H,19,20). The van der Waals surface area contributed by atoms with Gasteiger partial charge in [-0.15, -0.1) is 0 Å². The number of carboxylic acid groups (broad SMARTS) is 1. The summed E-state index contributed by atoms with van der Waals surface area (Å²) in [7, 11) is 0. The average molecular weight is 281 g/mol. The second kappa shape index (κ2) is 6.15. The van der Waals surface area contributed by atoms with Crippen molar-refractivity contribution in [1.29, 1.82) is 0 Å². The monoisotopic (exact) mass is 281 g/mol. The maximum absolute atomic E-state index is 12.3. The molecular weight excluding hydrogens is 254 g/mol. The van der Waals surface area contributed by atoms with Crippen LogP contribution in [0.5, 0.6) is 0 Å². The molecule has 0 aromatic carbocycles. The minimum atomic E-state index is -0.758. The van der Waals surface area contributed by atoms with E-state index in [-0.39, 0.29) is 23.3 Å². The van der Waals surface area contributed by atoms with Crippen LogP contribution in [0.4, 0.5) is 0 Å². The highest BCUT2D eigenvalue weighted by Gasteiger charge is 2.53.